The largest absolute Gasteiger partial charge is 0.494 e. The zero-order valence-corrected chi connectivity index (χ0v) is 18.3. The number of non-ortho nitro benzene ring substituents is 1. The molecule has 2 bridgehead atoms. The molecule has 0 spiro atoms. The number of carbonyl (C=O) groups excluding carboxylic acids is 2. The van der Waals surface area contributed by atoms with Gasteiger partial charge in [0.05, 0.1) is 29.7 Å². The summed E-state index contributed by atoms with van der Waals surface area (Å²) in [6.07, 6.45) is 0. The Hall–Kier alpha value is -4.60. The van der Waals surface area contributed by atoms with Crippen LogP contribution in [0.3, 0.4) is 0 Å². The molecule has 0 N–H and O–H groups in total. The minimum atomic E-state index is -1.94. The molecule has 0 unspecified atom stereocenters. The molecule has 3 aromatic rings. The van der Waals surface area contributed by atoms with Crippen molar-refractivity contribution in [1.82, 2.24) is 0 Å². The van der Waals surface area contributed by atoms with Crippen molar-refractivity contribution in [1.29, 1.82) is 0 Å². The second-order valence-corrected chi connectivity index (χ2v) is 8.80. The molecule has 1 heterocycles. The highest BCUT2D eigenvalue weighted by Gasteiger charge is 2.75. The molecule has 3 aliphatic carbocycles. The van der Waals surface area contributed by atoms with E-state index in [2.05, 4.69) is 0 Å². The van der Waals surface area contributed by atoms with Crippen LogP contribution in [0.4, 0.5) is 11.4 Å². The normalized spacial score (nSPS) is 25.6. The number of nitro benzene ring substituents is 1. The number of hydrogen-bond acceptors (Lipinski definition) is 7. The number of rotatable bonds is 4. The average molecular weight is 471 g/mol. The lowest BCUT2D eigenvalue weighted by Gasteiger charge is -2.48. The molecule has 3 aromatic carbocycles. The van der Waals surface area contributed by atoms with Crippen LogP contribution in [0.15, 0.2) is 66.7 Å². The minimum absolute atomic E-state index is 0.0218. The SMILES string of the molecule is COc1cc([N+](=O)[O-])ccc1N1C(=O)[C@@H]2C3c4ccccc4C([N+](=O)[O-])(c4ccccc43)[C@@H]2C1=O. The topological polar surface area (TPSA) is 133 Å². The molecule has 7 rings (SSSR count). The predicted octanol–water partition coefficient (Wildman–Crippen LogP) is 3.39. The van der Waals surface area contributed by atoms with E-state index in [0.29, 0.717) is 22.3 Å². The maximum absolute atomic E-state index is 14.0. The standard InChI is InChI=1S/C25H17N3O7/c1-35-19-12-13(27(31)32)10-11-18(19)26-23(29)21-20-14-6-2-4-8-16(14)25(28(33)34,22(21)24(26)30)17-9-5-3-7-15(17)20/h2-12,20-22H,1H3/t20?,21-,22+,25?/m1/s1. The molecule has 35 heavy (non-hydrogen) atoms. The van der Waals surface area contributed by atoms with Gasteiger partial charge >= 0.3 is 0 Å². The molecule has 0 aromatic heterocycles. The van der Waals surface area contributed by atoms with Gasteiger partial charge in [0, 0.05) is 28.0 Å². The molecule has 10 nitrogen and oxygen atoms in total. The first-order valence-electron chi connectivity index (χ1n) is 10.9. The van der Waals surface area contributed by atoms with E-state index in [-0.39, 0.29) is 17.1 Å². The number of anilines is 1. The summed E-state index contributed by atoms with van der Waals surface area (Å²) in [7, 11) is 1.27. The van der Waals surface area contributed by atoms with Gasteiger partial charge in [0.25, 0.3) is 11.2 Å². The van der Waals surface area contributed by atoms with Gasteiger partial charge < -0.3 is 4.74 Å². The second-order valence-electron chi connectivity index (χ2n) is 8.80. The predicted molar refractivity (Wildman–Crippen MR) is 122 cm³/mol. The van der Waals surface area contributed by atoms with Gasteiger partial charge in [0.1, 0.15) is 11.7 Å². The van der Waals surface area contributed by atoms with Gasteiger partial charge in [-0.25, -0.2) is 4.90 Å². The number of nitro groups is 2. The molecule has 1 saturated heterocycles. The highest BCUT2D eigenvalue weighted by molar-refractivity contribution is 6.24. The van der Waals surface area contributed by atoms with Crippen molar-refractivity contribution in [3.05, 3.63) is 109 Å². The molecule has 0 radical (unpaired) electrons. The number of methoxy groups -OCH3 is 1. The summed E-state index contributed by atoms with van der Waals surface area (Å²) >= 11 is 0. The van der Waals surface area contributed by atoms with Crippen LogP contribution in [0.5, 0.6) is 5.75 Å². The monoisotopic (exact) mass is 471 g/mol. The Morgan fingerprint density at radius 2 is 1.49 bits per heavy atom. The van der Waals surface area contributed by atoms with Crippen molar-refractivity contribution in [2.45, 2.75) is 11.5 Å². The lowest BCUT2D eigenvalue weighted by Crippen LogP contribution is -2.57. The fraction of sp³-hybridized carbons (Fsp3) is 0.200. The van der Waals surface area contributed by atoms with E-state index in [1.807, 2.05) is 0 Å². The highest BCUT2D eigenvalue weighted by Crippen LogP contribution is 2.64. The van der Waals surface area contributed by atoms with Crippen LogP contribution >= 0.6 is 0 Å². The number of benzene rings is 3. The van der Waals surface area contributed by atoms with Gasteiger partial charge in [-0.15, -0.1) is 0 Å². The quantitative estimate of drug-likeness (QED) is 0.324. The van der Waals surface area contributed by atoms with Gasteiger partial charge in [-0.3, -0.25) is 29.8 Å². The van der Waals surface area contributed by atoms with Crippen molar-refractivity contribution >= 4 is 23.2 Å². The number of ether oxygens (including phenoxy) is 1. The summed E-state index contributed by atoms with van der Waals surface area (Å²) in [5, 5.41) is 24.2. The number of imide groups is 1. The molecule has 4 aliphatic rings. The lowest BCUT2D eigenvalue weighted by molar-refractivity contribution is -0.578. The summed E-state index contributed by atoms with van der Waals surface area (Å²) in [4.78, 5) is 51.9. The summed E-state index contributed by atoms with van der Waals surface area (Å²) in [6, 6.07) is 17.4. The number of amides is 2. The summed E-state index contributed by atoms with van der Waals surface area (Å²) in [6.45, 7) is 0. The van der Waals surface area contributed by atoms with Crippen LogP contribution in [-0.4, -0.2) is 28.8 Å². The van der Waals surface area contributed by atoms with Gasteiger partial charge in [-0.2, -0.15) is 0 Å². The van der Waals surface area contributed by atoms with Crippen molar-refractivity contribution in [2.24, 2.45) is 11.8 Å². The van der Waals surface area contributed by atoms with Crippen LogP contribution in [0.25, 0.3) is 0 Å². The number of carbonyl (C=O) groups is 2. The molecule has 10 heteroatoms. The zero-order chi connectivity index (χ0) is 24.6. The van der Waals surface area contributed by atoms with Crippen molar-refractivity contribution in [2.75, 3.05) is 12.0 Å². The van der Waals surface area contributed by atoms with Gasteiger partial charge in [0.2, 0.25) is 11.8 Å². The van der Waals surface area contributed by atoms with E-state index in [4.69, 9.17) is 4.74 Å². The minimum Gasteiger partial charge on any atom is -0.494 e. The van der Waals surface area contributed by atoms with Gasteiger partial charge in [-0.05, 0) is 17.2 Å². The third-order valence-corrected chi connectivity index (χ3v) is 7.48. The third-order valence-electron chi connectivity index (χ3n) is 7.48. The van der Waals surface area contributed by atoms with Crippen LogP contribution in [0.1, 0.15) is 28.2 Å². The van der Waals surface area contributed by atoms with Crippen LogP contribution in [0.2, 0.25) is 0 Å². The molecule has 2 amide bonds. The fourth-order valence-electron chi connectivity index (χ4n) is 6.24. The fourth-order valence-corrected chi connectivity index (χ4v) is 6.24. The van der Waals surface area contributed by atoms with Crippen LogP contribution in [-0.2, 0) is 15.1 Å². The third kappa shape index (κ3) is 2.38. The Morgan fingerprint density at radius 3 is 2.03 bits per heavy atom. The van der Waals surface area contributed by atoms with E-state index in [1.54, 1.807) is 48.5 Å². The Bertz CT molecular complexity index is 1440. The molecular formula is C25H17N3O7. The average Bonchev–Trinajstić information content (AvgIpc) is 3.13. The first-order chi connectivity index (χ1) is 16.8. The van der Waals surface area contributed by atoms with E-state index >= 15 is 0 Å². The lowest BCUT2D eigenvalue weighted by atomic mass is 9.51. The highest BCUT2D eigenvalue weighted by atomic mass is 16.6. The Labute approximate surface area is 198 Å². The maximum atomic E-state index is 14.0. The first kappa shape index (κ1) is 21.0. The maximum Gasteiger partial charge on any atom is 0.285 e. The molecule has 1 aliphatic heterocycles. The van der Waals surface area contributed by atoms with Crippen molar-refractivity contribution < 1.29 is 24.2 Å². The molecule has 0 saturated carbocycles. The summed E-state index contributed by atoms with van der Waals surface area (Å²) in [5.74, 6) is -4.18. The Balaban J connectivity index is 1.62. The number of hydrogen-bond donors (Lipinski definition) is 0. The first-order valence-corrected chi connectivity index (χ1v) is 10.9. The molecule has 174 valence electrons. The number of nitrogens with zero attached hydrogens (tertiary/aromatic N) is 3. The van der Waals surface area contributed by atoms with Gasteiger partial charge in [-0.1, -0.05) is 48.5 Å². The second kappa shape index (κ2) is 6.95. The van der Waals surface area contributed by atoms with Crippen LogP contribution < -0.4 is 9.64 Å². The van der Waals surface area contributed by atoms with E-state index in [0.717, 1.165) is 11.0 Å². The molecular weight excluding hydrogens is 454 g/mol. The van der Waals surface area contributed by atoms with Crippen molar-refractivity contribution in [3.63, 3.8) is 0 Å². The Kier molecular flexibility index (Phi) is 4.17. The van der Waals surface area contributed by atoms with Gasteiger partial charge in [0.15, 0.2) is 0 Å². The smallest absolute Gasteiger partial charge is 0.285 e. The molecule has 1 fully saturated rings. The molecule has 2 atom stereocenters. The van der Waals surface area contributed by atoms with E-state index in [1.165, 1.54) is 19.2 Å². The summed E-state index contributed by atoms with van der Waals surface area (Å²) in [5.41, 5.74) is -0.0626. The van der Waals surface area contributed by atoms with E-state index < -0.39 is 45.0 Å². The van der Waals surface area contributed by atoms with Crippen molar-refractivity contribution in [3.8, 4) is 5.75 Å². The van der Waals surface area contributed by atoms with Crippen LogP contribution in [0, 0.1) is 32.1 Å². The Morgan fingerprint density at radius 1 is 0.886 bits per heavy atom. The zero-order valence-electron chi connectivity index (χ0n) is 18.3. The van der Waals surface area contributed by atoms with E-state index in [9.17, 15) is 29.8 Å². The summed E-state index contributed by atoms with van der Waals surface area (Å²) < 4.78 is 5.28.